The van der Waals surface area contributed by atoms with E-state index in [9.17, 15) is 33.6 Å². The smallest absolute Gasteiger partial charge is 0.410 e. The van der Waals surface area contributed by atoms with Crippen molar-refractivity contribution in [2.75, 3.05) is 33.9 Å². The summed E-state index contributed by atoms with van der Waals surface area (Å²) in [6.07, 6.45) is 11.3. The van der Waals surface area contributed by atoms with E-state index in [0.29, 0.717) is 25.4 Å². The van der Waals surface area contributed by atoms with Gasteiger partial charge in [0.1, 0.15) is 29.9 Å². The average Bonchev–Trinajstić information content (AvgIpc) is 4.11. The number of hydrogen-bond acceptors (Lipinski definition) is 12. The van der Waals surface area contributed by atoms with Gasteiger partial charge < -0.3 is 49.0 Å². The van der Waals surface area contributed by atoms with Crippen LogP contribution in [0.2, 0.25) is 0 Å². The Labute approximate surface area is 402 Å². The third-order valence-electron chi connectivity index (χ3n) is 14.6. The summed E-state index contributed by atoms with van der Waals surface area (Å²) in [5, 5.41) is 5.75. The van der Waals surface area contributed by atoms with E-state index in [1.807, 2.05) is 56.0 Å². The molecule has 17 heteroatoms. The Kier molecular flexibility index (Phi) is 17.7. The second-order valence-corrected chi connectivity index (χ2v) is 21.5. The van der Waals surface area contributed by atoms with Crippen molar-refractivity contribution in [2.45, 2.75) is 179 Å². The Morgan fingerprint density at radius 3 is 1.57 bits per heavy atom. The van der Waals surface area contributed by atoms with Crippen LogP contribution in [0.4, 0.5) is 14.4 Å². The van der Waals surface area contributed by atoms with Crippen molar-refractivity contribution in [3.63, 3.8) is 0 Å². The molecule has 0 aromatic heterocycles. The molecular weight excluding hydrogens is 875 g/mol. The van der Waals surface area contributed by atoms with Crippen LogP contribution in [-0.4, -0.2) is 132 Å². The first-order valence-electron chi connectivity index (χ1n) is 25.0. The number of rotatable bonds is 10. The molecule has 0 bridgehead atoms. The van der Waals surface area contributed by atoms with Crippen molar-refractivity contribution in [3.05, 3.63) is 35.9 Å². The first kappa shape index (κ1) is 52.3. The highest BCUT2D eigenvalue weighted by molar-refractivity contribution is 5.89. The van der Waals surface area contributed by atoms with Crippen LogP contribution in [0, 0.1) is 29.6 Å². The highest BCUT2D eigenvalue weighted by Gasteiger charge is 2.56. The molecule has 1 aromatic carbocycles. The fraction of sp³-hybridized carbons (Fsp3) is 0.745. The van der Waals surface area contributed by atoms with Gasteiger partial charge in [-0.15, -0.1) is 0 Å². The SMILES string of the molecule is COC(=O)[C@H]1CC[C@@H]2CCN(C(=O)[C@@H](NC(=O)OC(C)(C)C)C3CCCCC3)[C@@H]21.COC(=O)[C@H]1CN(C(=O)OCc2ccccc2)[C@@H]2CCN(C(=O)[C@@H](NC(=O)OC(C)(C)C)C3CCCCC3)[C@H]12. The number of hydrogen-bond donors (Lipinski definition) is 2. The predicted molar refractivity (Wildman–Crippen MR) is 251 cm³/mol. The van der Waals surface area contributed by atoms with Gasteiger partial charge in [-0.2, -0.15) is 0 Å². The maximum atomic E-state index is 14.1. The minimum absolute atomic E-state index is 0.0252. The van der Waals surface area contributed by atoms with Crippen molar-refractivity contribution >= 4 is 42.0 Å². The lowest BCUT2D eigenvalue weighted by molar-refractivity contribution is -0.150. The summed E-state index contributed by atoms with van der Waals surface area (Å²) < 4.78 is 26.6. The fourth-order valence-electron chi connectivity index (χ4n) is 11.6. The number of amides is 5. The molecule has 7 rings (SSSR count). The van der Waals surface area contributed by atoms with Gasteiger partial charge in [0.2, 0.25) is 11.8 Å². The number of alkyl carbamates (subject to hydrolysis) is 2. The highest BCUT2D eigenvalue weighted by atomic mass is 16.6. The van der Waals surface area contributed by atoms with E-state index >= 15 is 0 Å². The molecule has 3 aliphatic carbocycles. The maximum Gasteiger partial charge on any atom is 0.410 e. The highest BCUT2D eigenvalue weighted by Crippen LogP contribution is 2.44. The first-order valence-corrected chi connectivity index (χ1v) is 25.0. The Hall–Kier alpha value is -5.09. The van der Waals surface area contributed by atoms with Crippen LogP contribution >= 0.6 is 0 Å². The number of fused-ring (bicyclic) bond motifs is 2. The topological polar surface area (TPSA) is 199 Å². The quantitative estimate of drug-likeness (QED) is 0.178. The Morgan fingerprint density at radius 2 is 1.07 bits per heavy atom. The molecule has 378 valence electrons. The van der Waals surface area contributed by atoms with E-state index in [4.69, 9.17) is 23.7 Å². The zero-order valence-electron chi connectivity index (χ0n) is 41.6. The molecule has 3 saturated carbocycles. The molecule has 6 aliphatic rings. The monoisotopic (exact) mass is 952 g/mol. The van der Waals surface area contributed by atoms with Gasteiger partial charge in [0.25, 0.3) is 0 Å². The summed E-state index contributed by atoms with van der Waals surface area (Å²) in [5.74, 6) is -1.54. The zero-order chi connectivity index (χ0) is 49.3. The number of esters is 2. The van der Waals surface area contributed by atoms with Crippen LogP contribution < -0.4 is 10.6 Å². The standard InChI is InChI=1S/C29H41N3O7.C22H36N2O5/c1-29(2,3)39-27(35)30-23(20-13-9-6-10-14-20)25(33)31-16-15-22-24(31)21(26(34)37-4)17-32(22)28(36)38-18-19-11-7-5-8-12-19;1-22(2,3)29-21(27)23-17(14-8-6-5-7-9-14)19(25)24-13-12-15-10-11-16(18(15)24)20(26)28-4/h5,7-8,11-12,20-24H,6,9-10,13-18H2,1-4H3,(H,30,35);14-18H,5-13H2,1-4H3,(H,23,27)/t21-,22+,23-,24+;15-,16+,17+,18+/m01/s1. The number of benzene rings is 1. The van der Waals surface area contributed by atoms with E-state index in [1.165, 1.54) is 20.6 Å². The van der Waals surface area contributed by atoms with Crippen molar-refractivity contribution in [1.29, 1.82) is 0 Å². The second-order valence-electron chi connectivity index (χ2n) is 21.5. The van der Waals surface area contributed by atoms with Crippen LogP contribution in [0.15, 0.2) is 30.3 Å². The lowest BCUT2D eigenvalue weighted by Gasteiger charge is -2.36. The molecule has 0 radical (unpaired) electrons. The summed E-state index contributed by atoms with van der Waals surface area (Å²) in [4.78, 5) is 96.4. The molecule has 3 heterocycles. The van der Waals surface area contributed by atoms with Gasteiger partial charge in [-0.1, -0.05) is 68.9 Å². The maximum absolute atomic E-state index is 14.1. The molecular formula is C51H77N5O12. The molecule has 17 nitrogen and oxygen atoms in total. The van der Waals surface area contributed by atoms with Gasteiger partial charge in [-0.25, -0.2) is 14.4 Å². The normalized spacial score (nSPS) is 26.0. The largest absolute Gasteiger partial charge is 0.469 e. The third-order valence-corrected chi connectivity index (χ3v) is 14.6. The zero-order valence-corrected chi connectivity index (χ0v) is 41.6. The minimum atomic E-state index is -0.767. The molecule has 1 aromatic rings. The van der Waals surface area contributed by atoms with Crippen LogP contribution in [0.5, 0.6) is 0 Å². The lowest BCUT2D eigenvalue weighted by atomic mass is 9.83. The van der Waals surface area contributed by atoms with Gasteiger partial charge >= 0.3 is 30.2 Å². The minimum Gasteiger partial charge on any atom is -0.469 e. The second kappa shape index (κ2) is 23.0. The van der Waals surface area contributed by atoms with Gasteiger partial charge in [-0.05, 0) is 116 Å². The summed E-state index contributed by atoms with van der Waals surface area (Å²) in [7, 11) is 2.72. The molecule has 8 atom stereocenters. The van der Waals surface area contributed by atoms with Gasteiger partial charge in [0.15, 0.2) is 0 Å². The number of nitrogens with zero attached hydrogens (tertiary/aromatic N) is 3. The fourth-order valence-corrected chi connectivity index (χ4v) is 11.6. The molecule has 3 saturated heterocycles. The van der Waals surface area contributed by atoms with E-state index in [1.54, 1.807) is 30.6 Å². The van der Waals surface area contributed by atoms with E-state index < -0.39 is 59.5 Å². The Morgan fingerprint density at radius 1 is 0.588 bits per heavy atom. The predicted octanol–water partition coefficient (Wildman–Crippen LogP) is 7.13. The van der Waals surface area contributed by atoms with Crippen molar-refractivity contribution < 1.29 is 57.2 Å². The molecule has 0 unspecified atom stereocenters. The van der Waals surface area contributed by atoms with E-state index in [2.05, 4.69) is 10.6 Å². The number of ether oxygens (including phenoxy) is 5. The number of methoxy groups -OCH3 is 2. The number of carbonyl (C=O) groups is 7. The first-order chi connectivity index (χ1) is 32.3. The van der Waals surface area contributed by atoms with Crippen LogP contribution in [0.25, 0.3) is 0 Å². The lowest BCUT2D eigenvalue weighted by Crippen LogP contribution is -2.56. The Bertz CT molecular complexity index is 1920. The van der Waals surface area contributed by atoms with Crippen LogP contribution in [-0.2, 0) is 49.5 Å². The molecule has 2 N–H and O–H groups in total. The number of likely N-dealkylation sites (tertiary alicyclic amines) is 3. The average molecular weight is 952 g/mol. The van der Waals surface area contributed by atoms with Crippen molar-refractivity contribution in [3.8, 4) is 0 Å². The van der Waals surface area contributed by atoms with Gasteiger partial charge in [0, 0.05) is 25.7 Å². The van der Waals surface area contributed by atoms with Crippen molar-refractivity contribution in [1.82, 2.24) is 25.3 Å². The molecule has 0 spiro atoms. The van der Waals surface area contributed by atoms with Gasteiger partial charge in [0.05, 0.1) is 38.1 Å². The van der Waals surface area contributed by atoms with E-state index in [0.717, 1.165) is 82.6 Å². The molecule has 6 fully saturated rings. The number of carbonyl (C=O) groups excluding carboxylic acids is 7. The van der Waals surface area contributed by atoms with Crippen molar-refractivity contribution in [2.24, 2.45) is 29.6 Å². The van der Waals surface area contributed by atoms with Crippen LogP contribution in [0.1, 0.15) is 137 Å². The van der Waals surface area contributed by atoms with Gasteiger partial charge in [-0.3, -0.25) is 19.2 Å². The summed E-state index contributed by atoms with van der Waals surface area (Å²) in [5.41, 5.74) is -0.465. The third kappa shape index (κ3) is 13.2. The molecule has 5 amide bonds. The summed E-state index contributed by atoms with van der Waals surface area (Å²) in [6.45, 7) is 12.0. The summed E-state index contributed by atoms with van der Waals surface area (Å²) in [6, 6.07) is 6.97. The Balaban J connectivity index is 0.000000234. The van der Waals surface area contributed by atoms with E-state index in [-0.39, 0.29) is 60.8 Å². The molecule has 68 heavy (non-hydrogen) atoms. The van der Waals surface area contributed by atoms with Crippen LogP contribution in [0.3, 0.4) is 0 Å². The number of nitrogens with one attached hydrogen (secondary N) is 2. The summed E-state index contributed by atoms with van der Waals surface area (Å²) >= 11 is 0. The molecule has 3 aliphatic heterocycles.